The molecule has 7 heteroatoms. The first-order valence-electron chi connectivity index (χ1n) is 7.65. The Bertz CT molecular complexity index is 547. The lowest BCUT2D eigenvalue weighted by Crippen LogP contribution is -2.47. The second kappa shape index (κ2) is 7.55. The van der Waals surface area contributed by atoms with Gasteiger partial charge in [0.15, 0.2) is 0 Å². The summed E-state index contributed by atoms with van der Waals surface area (Å²) in [6, 6.07) is 3.00. The molecular weight excluding hydrogens is 326 g/mol. The van der Waals surface area contributed by atoms with Gasteiger partial charge in [-0.2, -0.15) is 0 Å². The number of nitrogens with two attached hydrogens (primary N) is 1. The number of halogens is 3. The summed E-state index contributed by atoms with van der Waals surface area (Å²) in [5.74, 6) is -1.55. The molecule has 2 fully saturated rings. The standard InChI is InChI=1S/C16H20F2N2O2.ClH/c17-11-2-1-3-12(18)14(11)10-8-13(10)20-16(21)15(19)9-4-6-22-7-5-9;/h1-3,9-10,13,15H,4-8,19H2,(H,20,21);1H. The fraction of sp³-hybridized carbons (Fsp3) is 0.562. The second-order valence-electron chi connectivity index (χ2n) is 6.07. The minimum atomic E-state index is -0.587. The molecule has 1 saturated heterocycles. The molecule has 3 unspecified atom stereocenters. The smallest absolute Gasteiger partial charge is 0.237 e. The molecule has 23 heavy (non-hydrogen) atoms. The quantitative estimate of drug-likeness (QED) is 0.877. The van der Waals surface area contributed by atoms with Gasteiger partial charge in [0.25, 0.3) is 0 Å². The largest absolute Gasteiger partial charge is 0.381 e. The first-order valence-corrected chi connectivity index (χ1v) is 7.65. The highest BCUT2D eigenvalue weighted by atomic mass is 35.5. The van der Waals surface area contributed by atoms with Crippen LogP contribution in [0.4, 0.5) is 8.78 Å². The molecule has 0 aromatic heterocycles. The van der Waals surface area contributed by atoms with E-state index in [9.17, 15) is 13.6 Å². The van der Waals surface area contributed by atoms with Crippen molar-refractivity contribution in [3.8, 4) is 0 Å². The molecule has 4 nitrogen and oxygen atoms in total. The molecule has 1 aliphatic heterocycles. The third-order valence-corrected chi connectivity index (χ3v) is 4.57. The van der Waals surface area contributed by atoms with Gasteiger partial charge in [-0.1, -0.05) is 6.07 Å². The van der Waals surface area contributed by atoms with E-state index in [-0.39, 0.29) is 41.8 Å². The summed E-state index contributed by atoms with van der Waals surface area (Å²) >= 11 is 0. The topological polar surface area (TPSA) is 64.4 Å². The van der Waals surface area contributed by atoms with Crippen LogP contribution in [0.3, 0.4) is 0 Å². The maximum absolute atomic E-state index is 13.7. The van der Waals surface area contributed by atoms with E-state index in [1.54, 1.807) is 0 Å². The fourth-order valence-corrected chi connectivity index (χ4v) is 3.11. The van der Waals surface area contributed by atoms with Crippen LogP contribution < -0.4 is 11.1 Å². The van der Waals surface area contributed by atoms with Crippen LogP contribution in [0.2, 0.25) is 0 Å². The van der Waals surface area contributed by atoms with E-state index in [1.807, 2.05) is 0 Å². The number of nitrogens with one attached hydrogen (secondary N) is 1. The number of rotatable bonds is 4. The molecule has 1 heterocycles. The Labute approximate surface area is 140 Å². The summed E-state index contributed by atoms with van der Waals surface area (Å²) in [6.07, 6.45) is 2.08. The number of carbonyl (C=O) groups is 1. The predicted octanol–water partition coefficient (Wildman–Crippen LogP) is 2.11. The van der Waals surface area contributed by atoms with Crippen molar-refractivity contribution in [1.82, 2.24) is 5.32 Å². The van der Waals surface area contributed by atoms with Crippen LogP contribution in [0.1, 0.15) is 30.7 Å². The van der Waals surface area contributed by atoms with Crippen LogP contribution in [0.5, 0.6) is 0 Å². The number of ether oxygens (including phenoxy) is 1. The van der Waals surface area contributed by atoms with Crippen molar-refractivity contribution < 1.29 is 18.3 Å². The minimum absolute atomic E-state index is 0. The van der Waals surface area contributed by atoms with E-state index in [1.165, 1.54) is 18.2 Å². The van der Waals surface area contributed by atoms with E-state index >= 15 is 0 Å². The van der Waals surface area contributed by atoms with E-state index < -0.39 is 17.7 Å². The monoisotopic (exact) mass is 346 g/mol. The van der Waals surface area contributed by atoms with Gasteiger partial charge < -0.3 is 15.8 Å². The summed E-state index contributed by atoms with van der Waals surface area (Å²) < 4.78 is 32.7. The molecule has 0 radical (unpaired) electrons. The highest BCUT2D eigenvalue weighted by Gasteiger charge is 2.43. The highest BCUT2D eigenvalue weighted by Crippen LogP contribution is 2.43. The molecule has 0 spiro atoms. The molecule has 1 aromatic carbocycles. The van der Waals surface area contributed by atoms with Gasteiger partial charge in [0.1, 0.15) is 11.6 Å². The van der Waals surface area contributed by atoms with Crippen molar-refractivity contribution in [2.24, 2.45) is 11.7 Å². The van der Waals surface area contributed by atoms with Crippen molar-refractivity contribution in [3.05, 3.63) is 35.4 Å². The Morgan fingerprint density at radius 1 is 1.26 bits per heavy atom. The average Bonchev–Trinajstić information content (AvgIpc) is 3.26. The lowest BCUT2D eigenvalue weighted by atomic mass is 9.92. The number of carbonyl (C=O) groups excluding carboxylic acids is 1. The van der Waals surface area contributed by atoms with Gasteiger partial charge in [0.05, 0.1) is 6.04 Å². The Balaban J connectivity index is 0.00000192. The summed E-state index contributed by atoms with van der Waals surface area (Å²) in [6.45, 7) is 1.25. The Morgan fingerprint density at radius 2 is 1.87 bits per heavy atom. The molecule has 3 atom stereocenters. The van der Waals surface area contributed by atoms with Gasteiger partial charge in [-0.05, 0) is 37.3 Å². The zero-order valence-electron chi connectivity index (χ0n) is 12.6. The van der Waals surface area contributed by atoms with Crippen LogP contribution in [-0.2, 0) is 9.53 Å². The average molecular weight is 347 g/mol. The van der Waals surface area contributed by atoms with Crippen LogP contribution in [-0.4, -0.2) is 31.2 Å². The molecule has 1 aromatic rings. The molecule has 3 N–H and O–H groups in total. The summed E-state index contributed by atoms with van der Waals surface area (Å²) in [7, 11) is 0. The molecular formula is C16H21ClF2N2O2. The lowest BCUT2D eigenvalue weighted by molar-refractivity contribution is -0.124. The molecule has 1 amide bonds. The summed E-state index contributed by atoms with van der Waals surface area (Å²) in [4.78, 5) is 12.2. The van der Waals surface area contributed by atoms with Crippen molar-refractivity contribution in [2.75, 3.05) is 13.2 Å². The minimum Gasteiger partial charge on any atom is -0.381 e. The second-order valence-corrected chi connectivity index (χ2v) is 6.07. The lowest BCUT2D eigenvalue weighted by Gasteiger charge is -2.26. The van der Waals surface area contributed by atoms with Gasteiger partial charge in [-0.15, -0.1) is 12.4 Å². The van der Waals surface area contributed by atoms with Gasteiger partial charge in [0.2, 0.25) is 5.91 Å². The molecule has 1 aliphatic carbocycles. The number of hydrogen-bond acceptors (Lipinski definition) is 3. The summed E-state index contributed by atoms with van der Waals surface area (Å²) in [5, 5.41) is 2.82. The third kappa shape index (κ3) is 4.00. The Kier molecular flexibility index (Phi) is 5.95. The third-order valence-electron chi connectivity index (χ3n) is 4.57. The maximum Gasteiger partial charge on any atom is 0.237 e. The van der Waals surface area contributed by atoms with Crippen molar-refractivity contribution >= 4 is 18.3 Å². The Morgan fingerprint density at radius 3 is 2.48 bits per heavy atom. The van der Waals surface area contributed by atoms with Crippen LogP contribution in [0.15, 0.2) is 18.2 Å². The predicted molar refractivity (Wildman–Crippen MR) is 84.4 cm³/mol. The van der Waals surface area contributed by atoms with Gasteiger partial charge in [-0.3, -0.25) is 4.79 Å². The van der Waals surface area contributed by atoms with Crippen molar-refractivity contribution in [1.29, 1.82) is 0 Å². The maximum atomic E-state index is 13.7. The first-order chi connectivity index (χ1) is 10.6. The van der Waals surface area contributed by atoms with E-state index in [4.69, 9.17) is 10.5 Å². The van der Waals surface area contributed by atoms with E-state index in [2.05, 4.69) is 5.32 Å². The molecule has 0 bridgehead atoms. The Hall–Kier alpha value is -1.24. The molecule has 128 valence electrons. The van der Waals surface area contributed by atoms with Gasteiger partial charge in [0, 0.05) is 30.7 Å². The number of hydrogen-bond donors (Lipinski definition) is 2. The van der Waals surface area contributed by atoms with Crippen molar-refractivity contribution in [3.63, 3.8) is 0 Å². The van der Waals surface area contributed by atoms with Crippen LogP contribution >= 0.6 is 12.4 Å². The zero-order chi connectivity index (χ0) is 15.7. The fourth-order valence-electron chi connectivity index (χ4n) is 3.11. The molecule has 2 aliphatic rings. The molecule has 3 rings (SSSR count). The zero-order valence-corrected chi connectivity index (χ0v) is 13.5. The normalized spacial score (nSPS) is 25.3. The SMILES string of the molecule is Cl.NC(C(=O)NC1CC1c1c(F)cccc1F)C1CCOCC1. The van der Waals surface area contributed by atoms with Crippen LogP contribution in [0.25, 0.3) is 0 Å². The highest BCUT2D eigenvalue weighted by molar-refractivity contribution is 5.85. The number of benzene rings is 1. The number of amides is 1. The van der Waals surface area contributed by atoms with Crippen LogP contribution in [0, 0.1) is 17.6 Å². The van der Waals surface area contributed by atoms with Crippen molar-refractivity contribution in [2.45, 2.75) is 37.3 Å². The van der Waals surface area contributed by atoms with Gasteiger partial charge in [-0.25, -0.2) is 8.78 Å². The molecule has 1 saturated carbocycles. The van der Waals surface area contributed by atoms with E-state index in [0.717, 1.165) is 12.8 Å². The summed E-state index contributed by atoms with van der Waals surface area (Å²) in [5.41, 5.74) is 6.06. The van der Waals surface area contributed by atoms with Gasteiger partial charge >= 0.3 is 0 Å². The first kappa shape index (κ1) is 18.1. The van der Waals surface area contributed by atoms with E-state index in [0.29, 0.717) is 19.6 Å².